The summed E-state index contributed by atoms with van der Waals surface area (Å²) in [7, 11) is 0. The second kappa shape index (κ2) is 9.61. The highest BCUT2D eigenvalue weighted by Gasteiger charge is 2.15. The van der Waals surface area contributed by atoms with Gasteiger partial charge in [-0.2, -0.15) is 0 Å². The van der Waals surface area contributed by atoms with Crippen molar-refractivity contribution in [2.75, 3.05) is 19.6 Å². The molecule has 6 nitrogen and oxygen atoms in total. The lowest BCUT2D eigenvalue weighted by Crippen LogP contribution is -2.42. The molecule has 1 unspecified atom stereocenters. The Kier molecular flexibility index (Phi) is 7.80. The molecule has 0 aromatic heterocycles. The number of hydrogen-bond acceptors (Lipinski definition) is 3. The van der Waals surface area contributed by atoms with Gasteiger partial charge in [0.05, 0.1) is 6.54 Å². The Balaban J connectivity index is 2.41. The lowest BCUT2D eigenvalue weighted by molar-refractivity contribution is -0.138. The number of aliphatic carboxylic acids is 1. The van der Waals surface area contributed by atoms with E-state index in [2.05, 4.69) is 5.32 Å². The van der Waals surface area contributed by atoms with Gasteiger partial charge >= 0.3 is 5.97 Å². The van der Waals surface area contributed by atoms with E-state index in [1.807, 2.05) is 30.3 Å². The van der Waals surface area contributed by atoms with E-state index in [1.54, 1.807) is 6.92 Å². The first-order valence-corrected chi connectivity index (χ1v) is 7.66. The zero-order chi connectivity index (χ0) is 17.2. The number of rotatable bonds is 9. The maximum Gasteiger partial charge on any atom is 0.303 e. The summed E-state index contributed by atoms with van der Waals surface area (Å²) in [5.74, 6) is -1.47. The van der Waals surface area contributed by atoms with Crippen molar-refractivity contribution in [2.45, 2.75) is 26.7 Å². The average molecular weight is 320 g/mol. The summed E-state index contributed by atoms with van der Waals surface area (Å²) in [6, 6.07) is 9.75. The monoisotopic (exact) mass is 320 g/mol. The van der Waals surface area contributed by atoms with Gasteiger partial charge in [0.15, 0.2) is 0 Å². The first-order valence-electron chi connectivity index (χ1n) is 7.66. The fourth-order valence-electron chi connectivity index (χ4n) is 2.14. The lowest BCUT2D eigenvalue weighted by Gasteiger charge is -2.21. The van der Waals surface area contributed by atoms with E-state index in [1.165, 1.54) is 11.8 Å². The molecule has 23 heavy (non-hydrogen) atoms. The second-order valence-corrected chi connectivity index (χ2v) is 5.68. The van der Waals surface area contributed by atoms with Crippen molar-refractivity contribution in [3.8, 4) is 0 Å². The minimum atomic E-state index is -0.889. The van der Waals surface area contributed by atoms with Crippen molar-refractivity contribution >= 4 is 17.8 Å². The van der Waals surface area contributed by atoms with Crippen molar-refractivity contribution in [3.63, 3.8) is 0 Å². The number of carboxylic acids is 1. The molecule has 6 heteroatoms. The Labute approximate surface area is 136 Å². The van der Waals surface area contributed by atoms with E-state index in [0.717, 1.165) is 5.56 Å². The van der Waals surface area contributed by atoms with Gasteiger partial charge in [-0.1, -0.05) is 37.3 Å². The predicted molar refractivity (Wildman–Crippen MR) is 86.8 cm³/mol. The Morgan fingerprint density at radius 3 is 2.43 bits per heavy atom. The van der Waals surface area contributed by atoms with E-state index < -0.39 is 5.97 Å². The highest BCUT2D eigenvalue weighted by Crippen LogP contribution is 2.02. The number of nitrogens with one attached hydrogen (secondary N) is 1. The molecule has 0 aliphatic heterocycles. The highest BCUT2D eigenvalue weighted by atomic mass is 16.4. The minimum absolute atomic E-state index is 0.00467. The van der Waals surface area contributed by atoms with Crippen LogP contribution in [0.3, 0.4) is 0 Å². The van der Waals surface area contributed by atoms with E-state index >= 15 is 0 Å². The predicted octanol–water partition coefficient (Wildman–Crippen LogP) is 1.30. The molecule has 0 fully saturated rings. The van der Waals surface area contributed by atoms with Crippen molar-refractivity contribution < 1.29 is 19.5 Å². The van der Waals surface area contributed by atoms with E-state index in [4.69, 9.17) is 5.11 Å². The minimum Gasteiger partial charge on any atom is -0.481 e. The number of carbonyl (C=O) groups excluding carboxylic acids is 2. The van der Waals surface area contributed by atoms with Gasteiger partial charge in [0, 0.05) is 26.4 Å². The number of amides is 2. The first kappa shape index (κ1) is 18.7. The molecule has 1 atom stereocenters. The SMILES string of the molecule is CC(=O)N(CCc1ccccc1)CC(=O)NCC(C)CC(=O)O. The Morgan fingerprint density at radius 2 is 1.87 bits per heavy atom. The van der Waals surface area contributed by atoms with Crippen LogP contribution in [0.4, 0.5) is 0 Å². The second-order valence-electron chi connectivity index (χ2n) is 5.68. The molecule has 0 saturated heterocycles. The number of carbonyl (C=O) groups is 3. The van der Waals surface area contributed by atoms with Crippen LogP contribution in [-0.2, 0) is 20.8 Å². The molecule has 0 spiro atoms. The molecule has 126 valence electrons. The van der Waals surface area contributed by atoms with Crippen molar-refractivity contribution in [1.82, 2.24) is 10.2 Å². The summed E-state index contributed by atoms with van der Waals surface area (Å²) in [5.41, 5.74) is 1.11. The molecule has 1 aromatic carbocycles. The molecular formula is C17H24N2O4. The standard InChI is InChI=1S/C17H24N2O4/c1-13(10-17(22)23)11-18-16(21)12-19(14(2)20)9-8-15-6-4-3-5-7-15/h3-7,13H,8-12H2,1-2H3,(H,18,21)(H,22,23). The lowest BCUT2D eigenvalue weighted by atomic mass is 10.1. The Hall–Kier alpha value is -2.37. The zero-order valence-electron chi connectivity index (χ0n) is 13.6. The molecule has 0 saturated carbocycles. The number of benzene rings is 1. The Bertz CT molecular complexity index is 531. The average Bonchev–Trinajstić information content (AvgIpc) is 2.49. The normalized spacial score (nSPS) is 11.6. The van der Waals surface area contributed by atoms with Gasteiger partial charge in [0.1, 0.15) is 0 Å². The summed E-state index contributed by atoms with van der Waals surface area (Å²) >= 11 is 0. The van der Waals surface area contributed by atoms with Crippen LogP contribution < -0.4 is 5.32 Å². The van der Waals surface area contributed by atoms with Crippen LogP contribution in [0.5, 0.6) is 0 Å². The quantitative estimate of drug-likeness (QED) is 0.718. The van der Waals surface area contributed by atoms with Crippen LogP contribution in [0.25, 0.3) is 0 Å². The number of carboxylic acid groups (broad SMARTS) is 1. The first-order chi connectivity index (χ1) is 10.9. The molecule has 0 radical (unpaired) electrons. The third-order valence-electron chi connectivity index (χ3n) is 3.46. The van der Waals surface area contributed by atoms with Crippen molar-refractivity contribution in [3.05, 3.63) is 35.9 Å². The van der Waals surface area contributed by atoms with Gasteiger partial charge in [-0.15, -0.1) is 0 Å². The van der Waals surface area contributed by atoms with Crippen molar-refractivity contribution in [2.24, 2.45) is 5.92 Å². The maximum atomic E-state index is 11.9. The maximum absolute atomic E-state index is 11.9. The highest BCUT2D eigenvalue weighted by molar-refractivity contribution is 5.83. The largest absolute Gasteiger partial charge is 0.481 e. The van der Waals surface area contributed by atoms with E-state index in [9.17, 15) is 14.4 Å². The molecule has 1 aromatic rings. The summed E-state index contributed by atoms with van der Waals surface area (Å²) in [6.07, 6.45) is 0.688. The summed E-state index contributed by atoms with van der Waals surface area (Å²) in [5, 5.41) is 11.4. The van der Waals surface area contributed by atoms with Gasteiger partial charge in [0.25, 0.3) is 0 Å². The molecule has 2 amide bonds. The van der Waals surface area contributed by atoms with Crippen LogP contribution in [0.2, 0.25) is 0 Å². The van der Waals surface area contributed by atoms with Crippen LogP contribution in [0, 0.1) is 5.92 Å². The molecular weight excluding hydrogens is 296 g/mol. The van der Waals surface area contributed by atoms with Gasteiger partial charge in [0.2, 0.25) is 11.8 Å². The van der Waals surface area contributed by atoms with Gasteiger partial charge in [-0.25, -0.2) is 0 Å². The molecule has 0 bridgehead atoms. The summed E-state index contributed by atoms with van der Waals surface area (Å²) in [6.45, 7) is 3.94. The fourth-order valence-corrected chi connectivity index (χ4v) is 2.14. The third-order valence-corrected chi connectivity index (χ3v) is 3.46. The zero-order valence-corrected chi connectivity index (χ0v) is 13.6. The fraction of sp³-hybridized carbons (Fsp3) is 0.471. The van der Waals surface area contributed by atoms with Crippen molar-refractivity contribution in [1.29, 1.82) is 0 Å². The van der Waals surface area contributed by atoms with Crippen LogP contribution in [0.15, 0.2) is 30.3 Å². The van der Waals surface area contributed by atoms with Crippen LogP contribution in [-0.4, -0.2) is 47.4 Å². The van der Waals surface area contributed by atoms with Crippen LogP contribution >= 0.6 is 0 Å². The molecule has 0 heterocycles. The van der Waals surface area contributed by atoms with Gasteiger partial charge < -0.3 is 15.3 Å². The smallest absolute Gasteiger partial charge is 0.303 e. The van der Waals surface area contributed by atoms with E-state index in [0.29, 0.717) is 13.0 Å². The summed E-state index contributed by atoms with van der Waals surface area (Å²) < 4.78 is 0. The Morgan fingerprint density at radius 1 is 1.22 bits per heavy atom. The van der Waals surface area contributed by atoms with Crippen LogP contribution in [0.1, 0.15) is 25.8 Å². The topological polar surface area (TPSA) is 86.7 Å². The molecule has 0 aliphatic rings. The third kappa shape index (κ3) is 7.99. The molecule has 2 N–H and O–H groups in total. The van der Waals surface area contributed by atoms with E-state index in [-0.39, 0.29) is 37.2 Å². The number of nitrogens with zero attached hydrogens (tertiary/aromatic N) is 1. The molecule has 0 aliphatic carbocycles. The summed E-state index contributed by atoms with van der Waals surface area (Å²) in [4.78, 5) is 35.6. The van der Waals surface area contributed by atoms with Gasteiger partial charge in [-0.05, 0) is 17.9 Å². The van der Waals surface area contributed by atoms with Gasteiger partial charge in [-0.3, -0.25) is 14.4 Å². The molecule has 1 rings (SSSR count). The number of hydrogen-bond donors (Lipinski definition) is 2.